The normalized spacial score (nSPS) is 11.2. The lowest BCUT2D eigenvalue weighted by atomic mass is 10.3. The van der Waals surface area contributed by atoms with Gasteiger partial charge >= 0.3 is 6.09 Å². The molecule has 0 atom stereocenters. The van der Waals surface area contributed by atoms with Crippen molar-refractivity contribution in [1.82, 2.24) is 4.72 Å². The van der Waals surface area contributed by atoms with E-state index in [-0.39, 0.29) is 23.1 Å². The van der Waals surface area contributed by atoms with E-state index in [4.69, 9.17) is 39.5 Å². The molecule has 2 N–H and O–H groups in total. The van der Waals surface area contributed by atoms with Crippen LogP contribution < -0.4 is 10.0 Å². The second kappa shape index (κ2) is 8.73. The van der Waals surface area contributed by atoms with Gasteiger partial charge in [-0.25, -0.2) is 17.9 Å². The van der Waals surface area contributed by atoms with Crippen molar-refractivity contribution >= 4 is 56.6 Å². The molecular weight excluding hydrogens is 411 g/mol. The molecule has 0 fully saturated rings. The van der Waals surface area contributed by atoms with Crippen molar-refractivity contribution in [1.29, 1.82) is 0 Å². The topological polar surface area (TPSA) is 84.5 Å². The number of nitrogens with one attached hydrogen (secondary N) is 2. The van der Waals surface area contributed by atoms with Crippen molar-refractivity contribution < 1.29 is 17.9 Å². The summed E-state index contributed by atoms with van der Waals surface area (Å²) in [7, 11) is -3.70. The van der Waals surface area contributed by atoms with Gasteiger partial charge in [0.2, 0.25) is 10.0 Å². The van der Waals surface area contributed by atoms with Gasteiger partial charge in [-0.15, -0.1) is 0 Å². The van der Waals surface area contributed by atoms with E-state index in [0.717, 1.165) is 0 Å². The van der Waals surface area contributed by atoms with Gasteiger partial charge in [-0.1, -0.05) is 34.8 Å². The van der Waals surface area contributed by atoms with Gasteiger partial charge in [-0.3, -0.25) is 5.32 Å². The van der Waals surface area contributed by atoms with Crippen LogP contribution in [0.25, 0.3) is 0 Å². The molecule has 6 nitrogen and oxygen atoms in total. The summed E-state index contributed by atoms with van der Waals surface area (Å²) in [5.74, 6) is 0. The van der Waals surface area contributed by atoms with Crippen LogP contribution in [0.2, 0.25) is 15.1 Å². The summed E-state index contributed by atoms with van der Waals surface area (Å²) in [5.41, 5.74) is 0.404. The lowest BCUT2D eigenvalue weighted by Crippen LogP contribution is -2.29. The Morgan fingerprint density at radius 2 is 1.68 bits per heavy atom. The fourth-order valence-corrected chi connectivity index (χ4v) is 3.18. The number of benzene rings is 2. The van der Waals surface area contributed by atoms with Crippen molar-refractivity contribution in [3.63, 3.8) is 0 Å². The molecule has 0 saturated carbocycles. The summed E-state index contributed by atoms with van der Waals surface area (Å²) in [5, 5.41) is 3.53. The van der Waals surface area contributed by atoms with Gasteiger partial charge in [-0.05, 0) is 42.5 Å². The third kappa shape index (κ3) is 6.05. The number of amides is 1. The maximum absolute atomic E-state index is 12.0. The van der Waals surface area contributed by atoms with Gasteiger partial charge in [-0.2, -0.15) is 0 Å². The van der Waals surface area contributed by atoms with Gasteiger partial charge in [0.15, 0.2) is 0 Å². The zero-order chi connectivity index (χ0) is 18.4. The van der Waals surface area contributed by atoms with E-state index in [0.29, 0.717) is 15.7 Å². The molecule has 10 heteroatoms. The van der Waals surface area contributed by atoms with Crippen LogP contribution in [0.1, 0.15) is 0 Å². The summed E-state index contributed by atoms with van der Waals surface area (Å²) >= 11 is 17.3. The average Bonchev–Trinajstić information content (AvgIpc) is 2.55. The summed E-state index contributed by atoms with van der Waals surface area (Å²) in [6.45, 7) is -0.236. The van der Waals surface area contributed by atoms with Crippen molar-refractivity contribution in [3.8, 4) is 0 Å². The first-order valence-electron chi connectivity index (χ1n) is 6.92. The molecule has 25 heavy (non-hydrogen) atoms. The average molecular weight is 424 g/mol. The number of carbonyl (C=O) groups is 1. The molecular formula is C15H13Cl3N2O4S. The fraction of sp³-hybridized carbons (Fsp3) is 0.133. The molecule has 134 valence electrons. The number of sulfonamides is 1. The first-order chi connectivity index (χ1) is 11.8. The molecule has 0 bridgehead atoms. The predicted octanol–water partition coefficient (Wildman–Crippen LogP) is 4.17. The number of anilines is 1. The second-order valence-electron chi connectivity index (χ2n) is 4.74. The zero-order valence-electron chi connectivity index (χ0n) is 12.6. The van der Waals surface area contributed by atoms with Crippen LogP contribution in [0.3, 0.4) is 0 Å². The van der Waals surface area contributed by atoms with Gasteiger partial charge < -0.3 is 4.74 Å². The molecule has 0 radical (unpaired) electrons. The number of ether oxygens (including phenoxy) is 1. The molecule has 0 aliphatic rings. The van der Waals surface area contributed by atoms with Crippen LogP contribution >= 0.6 is 34.8 Å². The Kier molecular flexibility index (Phi) is 6.92. The molecule has 0 unspecified atom stereocenters. The van der Waals surface area contributed by atoms with Crippen LogP contribution in [0.4, 0.5) is 10.5 Å². The third-order valence-corrected chi connectivity index (χ3v) is 5.39. The van der Waals surface area contributed by atoms with E-state index in [1.807, 2.05) is 0 Å². The molecule has 2 aromatic carbocycles. The zero-order valence-corrected chi connectivity index (χ0v) is 15.7. The highest BCUT2D eigenvalue weighted by atomic mass is 35.5. The predicted molar refractivity (Wildman–Crippen MR) is 98.1 cm³/mol. The molecule has 2 rings (SSSR count). The Bertz CT molecular complexity index is 858. The van der Waals surface area contributed by atoms with Crippen molar-refractivity contribution in [3.05, 3.63) is 57.5 Å². The van der Waals surface area contributed by atoms with Crippen LogP contribution in [-0.4, -0.2) is 27.7 Å². The standard InChI is InChI=1S/C15H13Cl3N2O4S/c16-10-1-4-12(5-2-10)25(22,23)19-7-8-24-15(21)20-11-3-6-13(17)14(18)9-11/h1-6,9,19H,7-8H2,(H,20,21). The Morgan fingerprint density at radius 3 is 2.32 bits per heavy atom. The molecule has 0 saturated heterocycles. The maximum Gasteiger partial charge on any atom is 0.411 e. The monoisotopic (exact) mass is 422 g/mol. The minimum atomic E-state index is -3.70. The van der Waals surface area contributed by atoms with Gasteiger partial charge in [0.05, 0.1) is 14.9 Å². The number of hydrogen-bond acceptors (Lipinski definition) is 4. The second-order valence-corrected chi connectivity index (χ2v) is 7.76. The van der Waals surface area contributed by atoms with Crippen LogP contribution in [0, 0.1) is 0 Å². The van der Waals surface area contributed by atoms with Gasteiger partial charge in [0.1, 0.15) is 6.61 Å². The van der Waals surface area contributed by atoms with Crippen molar-refractivity contribution in [2.24, 2.45) is 0 Å². The summed E-state index contributed by atoms with van der Waals surface area (Å²) in [6.07, 6.45) is -0.746. The van der Waals surface area contributed by atoms with Gasteiger partial charge in [0.25, 0.3) is 0 Å². The Labute approximate surface area is 160 Å². The molecule has 0 aliphatic heterocycles. The van der Waals surface area contributed by atoms with E-state index in [2.05, 4.69) is 10.0 Å². The molecule has 0 aromatic heterocycles. The first-order valence-corrected chi connectivity index (χ1v) is 9.54. The SMILES string of the molecule is O=C(Nc1ccc(Cl)c(Cl)c1)OCCNS(=O)(=O)c1ccc(Cl)cc1. The molecule has 1 amide bonds. The minimum Gasteiger partial charge on any atom is -0.448 e. The van der Waals surface area contributed by atoms with E-state index in [9.17, 15) is 13.2 Å². The minimum absolute atomic E-state index is 0.0668. The fourth-order valence-electron chi connectivity index (χ4n) is 1.74. The molecule has 0 heterocycles. The van der Waals surface area contributed by atoms with E-state index in [1.54, 1.807) is 6.07 Å². The van der Waals surface area contributed by atoms with Crippen LogP contribution in [0.15, 0.2) is 47.4 Å². The van der Waals surface area contributed by atoms with Crippen molar-refractivity contribution in [2.75, 3.05) is 18.5 Å². The summed E-state index contributed by atoms with van der Waals surface area (Å²) in [4.78, 5) is 11.7. The Hall–Kier alpha value is -1.51. The van der Waals surface area contributed by atoms with Crippen molar-refractivity contribution in [2.45, 2.75) is 4.90 Å². The number of halogens is 3. The Morgan fingerprint density at radius 1 is 1.00 bits per heavy atom. The van der Waals surface area contributed by atoms with Crippen LogP contribution in [0.5, 0.6) is 0 Å². The lowest BCUT2D eigenvalue weighted by Gasteiger charge is -2.09. The molecule has 0 aliphatic carbocycles. The largest absolute Gasteiger partial charge is 0.448 e. The van der Waals surface area contributed by atoms with Gasteiger partial charge in [0, 0.05) is 17.3 Å². The lowest BCUT2D eigenvalue weighted by molar-refractivity contribution is 0.164. The number of rotatable bonds is 6. The highest BCUT2D eigenvalue weighted by Crippen LogP contribution is 2.25. The highest BCUT2D eigenvalue weighted by Gasteiger charge is 2.13. The smallest absolute Gasteiger partial charge is 0.411 e. The number of hydrogen-bond donors (Lipinski definition) is 2. The third-order valence-electron chi connectivity index (χ3n) is 2.92. The quantitative estimate of drug-likeness (QED) is 0.683. The van der Waals surface area contributed by atoms with E-state index in [1.165, 1.54) is 36.4 Å². The summed E-state index contributed by atoms with van der Waals surface area (Å²) < 4.78 is 31.2. The molecule has 2 aromatic rings. The van der Waals surface area contributed by atoms with Crippen LogP contribution in [-0.2, 0) is 14.8 Å². The Balaban J connectivity index is 1.79. The first kappa shape index (κ1) is 19.8. The molecule has 0 spiro atoms. The highest BCUT2D eigenvalue weighted by molar-refractivity contribution is 7.89. The maximum atomic E-state index is 12.0. The van der Waals surface area contributed by atoms with E-state index >= 15 is 0 Å². The number of carbonyl (C=O) groups excluding carboxylic acids is 1. The summed E-state index contributed by atoms with van der Waals surface area (Å²) in [6, 6.07) is 10.2. The van der Waals surface area contributed by atoms with E-state index < -0.39 is 16.1 Å².